The summed E-state index contributed by atoms with van der Waals surface area (Å²) in [5, 5.41) is 5.65. The van der Waals surface area contributed by atoms with E-state index in [1.54, 1.807) is 0 Å². The Kier molecular flexibility index (Phi) is 3.34. The lowest BCUT2D eigenvalue weighted by molar-refractivity contribution is 0.206. The topological polar surface area (TPSA) is 75.3 Å². The Hall–Kier alpha value is -0.780. The minimum atomic E-state index is -2.96. The quantitative estimate of drug-likeness (QED) is 0.760. The monoisotopic (exact) mass is 260 g/mol. The average Bonchev–Trinajstić information content (AvgIpc) is 2.36. The predicted molar refractivity (Wildman–Crippen MR) is 65.5 cm³/mol. The summed E-state index contributed by atoms with van der Waals surface area (Å²) in [5.74, 6) is 0.943. The van der Waals surface area contributed by atoms with Gasteiger partial charge in [0.25, 0.3) is 0 Å². The second kappa shape index (κ2) is 4.48. The second-order valence-corrected chi connectivity index (χ2v) is 7.71. The fraction of sp³-hybridized carbons (Fsp3) is 0.909. The van der Waals surface area contributed by atoms with E-state index >= 15 is 0 Å². The zero-order chi connectivity index (χ0) is 12.6. The van der Waals surface area contributed by atoms with Crippen molar-refractivity contribution in [3.05, 3.63) is 0 Å². The lowest BCUT2D eigenvalue weighted by atomic mass is 9.82. The van der Waals surface area contributed by atoms with Crippen LogP contribution in [0.15, 0.2) is 0 Å². The van der Waals surface area contributed by atoms with Crippen molar-refractivity contribution in [3.8, 4) is 0 Å². The van der Waals surface area contributed by atoms with E-state index in [9.17, 15) is 13.2 Å². The Labute approximate surface area is 102 Å². The number of hydrogen-bond acceptors (Lipinski definition) is 3. The third-order valence-electron chi connectivity index (χ3n) is 3.66. The van der Waals surface area contributed by atoms with Gasteiger partial charge < -0.3 is 10.6 Å². The molecule has 5 nitrogen and oxygen atoms in total. The first-order valence-electron chi connectivity index (χ1n) is 6.13. The van der Waals surface area contributed by atoms with E-state index in [1.807, 2.05) is 6.92 Å². The van der Waals surface area contributed by atoms with Crippen LogP contribution in [-0.4, -0.2) is 38.0 Å². The predicted octanol–water partition coefficient (Wildman–Crippen LogP) is 0.517. The fourth-order valence-corrected chi connectivity index (χ4v) is 4.75. The van der Waals surface area contributed by atoms with Crippen LogP contribution in [-0.2, 0) is 9.84 Å². The molecule has 0 bridgehead atoms. The molecule has 1 heterocycles. The maximum atomic E-state index is 11.6. The van der Waals surface area contributed by atoms with Gasteiger partial charge >= 0.3 is 6.03 Å². The van der Waals surface area contributed by atoms with Crippen LogP contribution in [0, 0.1) is 11.8 Å². The van der Waals surface area contributed by atoms with E-state index in [0.717, 1.165) is 12.8 Å². The highest BCUT2D eigenvalue weighted by molar-refractivity contribution is 7.91. The van der Waals surface area contributed by atoms with Crippen LogP contribution < -0.4 is 10.6 Å². The van der Waals surface area contributed by atoms with Gasteiger partial charge in [0, 0.05) is 12.1 Å². The van der Waals surface area contributed by atoms with Crippen molar-refractivity contribution >= 4 is 15.9 Å². The molecule has 17 heavy (non-hydrogen) atoms. The minimum Gasteiger partial charge on any atom is -0.335 e. The standard InChI is InChI=1S/C11H20N2O3S/c1-7-3-9(4-7)12-11(14)13-10-6-17(15,16)5-8(10)2/h7-10H,3-6H2,1-2H3,(H2,12,13,14)/t7?,8-,9?,10+/m0/s1. The molecule has 1 saturated carbocycles. The van der Waals surface area contributed by atoms with Crippen molar-refractivity contribution in [2.24, 2.45) is 11.8 Å². The Morgan fingerprint density at radius 3 is 2.24 bits per heavy atom. The van der Waals surface area contributed by atoms with Crippen LogP contribution in [0.5, 0.6) is 0 Å². The summed E-state index contributed by atoms with van der Waals surface area (Å²) in [4.78, 5) is 11.6. The molecular weight excluding hydrogens is 240 g/mol. The molecule has 1 saturated heterocycles. The molecule has 2 atom stereocenters. The van der Waals surface area contributed by atoms with Crippen LogP contribution in [0.3, 0.4) is 0 Å². The van der Waals surface area contributed by atoms with Crippen LogP contribution in [0.1, 0.15) is 26.7 Å². The molecule has 1 aliphatic heterocycles. The van der Waals surface area contributed by atoms with Crippen molar-refractivity contribution < 1.29 is 13.2 Å². The molecule has 0 aromatic heterocycles. The first kappa shape index (κ1) is 12.7. The summed E-state index contributed by atoms with van der Waals surface area (Å²) in [6.45, 7) is 4.02. The van der Waals surface area contributed by atoms with E-state index in [2.05, 4.69) is 17.6 Å². The summed E-state index contributed by atoms with van der Waals surface area (Å²) in [6.07, 6.45) is 2.04. The smallest absolute Gasteiger partial charge is 0.315 e. The molecule has 0 aromatic carbocycles. The first-order chi connectivity index (χ1) is 7.85. The van der Waals surface area contributed by atoms with Crippen LogP contribution in [0.25, 0.3) is 0 Å². The van der Waals surface area contributed by atoms with Gasteiger partial charge in [-0.2, -0.15) is 0 Å². The lowest BCUT2D eigenvalue weighted by Gasteiger charge is -2.33. The summed E-state index contributed by atoms with van der Waals surface area (Å²) >= 11 is 0. The summed E-state index contributed by atoms with van der Waals surface area (Å²) < 4.78 is 22.8. The second-order valence-electron chi connectivity index (χ2n) is 5.55. The maximum absolute atomic E-state index is 11.6. The van der Waals surface area contributed by atoms with Crippen LogP contribution in [0.2, 0.25) is 0 Å². The van der Waals surface area contributed by atoms with Crippen LogP contribution >= 0.6 is 0 Å². The van der Waals surface area contributed by atoms with Gasteiger partial charge in [-0.05, 0) is 24.7 Å². The van der Waals surface area contributed by atoms with E-state index in [1.165, 1.54) is 0 Å². The van der Waals surface area contributed by atoms with Gasteiger partial charge in [-0.1, -0.05) is 13.8 Å². The highest BCUT2D eigenvalue weighted by Crippen LogP contribution is 2.26. The van der Waals surface area contributed by atoms with Gasteiger partial charge in [0.15, 0.2) is 9.84 Å². The fourth-order valence-electron chi connectivity index (χ4n) is 2.62. The van der Waals surface area contributed by atoms with Gasteiger partial charge in [0.2, 0.25) is 0 Å². The zero-order valence-electron chi connectivity index (χ0n) is 10.3. The third kappa shape index (κ3) is 3.12. The van der Waals surface area contributed by atoms with E-state index in [0.29, 0.717) is 5.92 Å². The summed E-state index contributed by atoms with van der Waals surface area (Å²) in [6, 6.07) is -0.202. The molecular formula is C11H20N2O3S. The van der Waals surface area contributed by atoms with Gasteiger partial charge in [0.1, 0.15) is 0 Å². The highest BCUT2D eigenvalue weighted by atomic mass is 32.2. The van der Waals surface area contributed by atoms with Crippen molar-refractivity contribution in [1.29, 1.82) is 0 Å². The SMILES string of the molecule is CC1CC(NC(=O)N[C@@H]2CS(=O)(=O)C[C@@H]2C)C1. The number of nitrogens with one attached hydrogen (secondary N) is 2. The highest BCUT2D eigenvalue weighted by Gasteiger charge is 2.36. The molecule has 2 fully saturated rings. The molecule has 6 heteroatoms. The average molecular weight is 260 g/mol. The summed E-state index contributed by atoms with van der Waals surface area (Å²) in [7, 11) is -2.96. The lowest BCUT2D eigenvalue weighted by Crippen LogP contribution is -2.51. The van der Waals surface area contributed by atoms with Gasteiger partial charge in [-0.15, -0.1) is 0 Å². The number of rotatable bonds is 2. The number of urea groups is 1. The minimum absolute atomic E-state index is 0.00561. The van der Waals surface area contributed by atoms with Crippen molar-refractivity contribution in [3.63, 3.8) is 0 Å². The number of amides is 2. The molecule has 0 unspecified atom stereocenters. The number of carbonyl (C=O) groups is 1. The van der Waals surface area contributed by atoms with Crippen molar-refractivity contribution in [2.75, 3.05) is 11.5 Å². The molecule has 98 valence electrons. The molecule has 2 amide bonds. The maximum Gasteiger partial charge on any atom is 0.315 e. The Balaban J connectivity index is 1.79. The van der Waals surface area contributed by atoms with Crippen molar-refractivity contribution in [1.82, 2.24) is 10.6 Å². The first-order valence-corrected chi connectivity index (χ1v) is 7.95. The Morgan fingerprint density at radius 1 is 1.12 bits per heavy atom. The molecule has 0 spiro atoms. The normalized spacial score (nSPS) is 39.4. The molecule has 1 aliphatic carbocycles. The van der Waals surface area contributed by atoms with Gasteiger partial charge in [0.05, 0.1) is 11.5 Å². The third-order valence-corrected chi connectivity index (χ3v) is 5.56. The van der Waals surface area contributed by atoms with Crippen LogP contribution in [0.4, 0.5) is 4.79 Å². The Bertz CT molecular complexity index is 401. The van der Waals surface area contributed by atoms with Gasteiger partial charge in [-0.25, -0.2) is 13.2 Å². The Morgan fingerprint density at radius 2 is 1.76 bits per heavy atom. The largest absolute Gasteiger partial charge is 0.335 e. The molecule has 0 radical (unpaired) electrons. The van der Waals surface area contributed by atoms with E-state index in [4.69, 9.17) is 0 Å². The van der Waals surface area contributed by atoms with Crippen molar-refractivity contribution in [2.45, 2.75) is 38.8 Å². The molecule has 2 N–H and O–H groups in total. The van der Waals surface area contributed by atoms with E-state index < -0.39 is 9.84 Å². The number of sulfone groups is 1. The molecule has 2 rings (SSSR count). The number of hydrogen-bond donors (Lipinski definition) is 2. The molecule has 2 aliphatic rings. The number of carbonyl (C=O) groups excluding carboxylic acids is 1. The zero-order valence-corrected chi connectivity index (χ0v) is 11.1. The summed E-state index contributed by atoms with van der Waals surface area (Å²) in [5.41, 5.74) is 0. The van der Waals surface area contributed by atoms with E-state index in [-0.39, 0.29) is 35.5 Å². The molecule has 0 aromatic rings. The van der Waals surface area contributed by atoms with Gasteiger partial charge in [-0.3, -0.25) is 0 Å².